The van der Waals surface area contributed by atoms with Crippen molar-refractivity contribution in [3.05, 3.63) is 0 Å². The number of rotatable bonds is 19. The van der Waals surface area contributed by atoms with E-state index in [0.717, 1.165) is 38.6 Å². The highest BCUT2D eigenvalue weighted by atomic mass is 16.5. The van der Waals surface area contributed by atoms with Crippen LogP contribution in [-0.2, 0) is 9.53 Å². The molecular weight excluding hydrogens is 310 g/mol. The van der Waals surface area contributed by atoms with Crippen LogP contribution in [0.4, 0.5) is 0 Å². The van der Waals surface area contributed by atoms with Crippen molar-refractivity contribution in [3.8, 4) is 0 Å². The first-order valence-corrected chi connectivity index (χ1v) is 11.2. The molecule has 0 heterocycles. The highest BCUT2D eigenvalue weighted by Gasteiger charge is 2.18. The van der Waals surface area contributed by atoms with Crippen molar-refractivity contribution in [3.63, 3.8) is 0 Å². The monoisotopic (exact) mass is 355 g/mol. The molecule has 0 aromatic carbocycles. The van der Waals surface area contributed by atoms with Gasteiger partial charge in [-0.2, -0.15) is 0 Å². The summed E-state index contributed by atoms with van der Waals surface area (Å²) in [5, 5.41) is 3.43. The maximum atomic E-state index is 12.2. The number of esters is 1. The molecule has 1 atom stereocenters. The highest BCUT2D eigenvalue weighted by molar-refractivity contribution is 5.75. The van der Waals surface area contributed by atoms with Gasteiger partial charge in [0, 0.05) is 0 Å². The lowest BCUT2D eigenvalue weighted by molar-refractivity contribution is -0.146. The van der Waals surface area contributed by atoms with Gasteiger partial charge in [0.05, 0.1) is 6.61 Å². The maximum absolute atomic E-state index is 12.2. The van der Waals surface area contributed by atoms with Gasteiger partial charge in [-0.3, -0.25) is 4.79 Å². The Labute approximate surface area is 157 Å². The lowest BCUT2D eigenvalue weighted by Crippen LogP contribution is -2.38. The molecule has 0 aliphatic heterocycles. The summed E-state index contributed by atoms with van der Waals surface area (Å²) in [6.45, 7) is 8.06. The summed E-state index contributed by atoms with van der Waals surface area (Å²) < 4.78 is 5.39. The molecule has 25 heavy (non-hydrogen) atoms. The van der Waals surface area contributed by atoms with Gasteiger partial charge in [-0.25, -0.2) is 0 Å². The van der Waals surface area contributed by atoms with Gasteiger partial charge in [0.1, 0.15) is 6.04 Å². The molecule has 0 aromatic heterocycles. The van der Waals surface area contributed by atoms with Crippen molar-refractivity contribution in [2.45, 2.75) is 123 Å². The predicted molar refractivity (Wildman–Crippen MR) is 109 cm³/mol. The Morgan fingerprint density at radius 3 is 1.80 bits per heavy atom. The van der Waals surface area contributed by atoms with E-state index in [2.05, 4.69) is 26.1 Å². The zero-order chi connectivity index (χ0) is 18.6. The number of unbranched alkanes of at least 4 members (excludes halogenated alkanes) is 11. The molecule has 1 N–H and O–H groups in total. The highest BCUT2D eigenvalue weighted by Crippen LogP contribution is 2.10. The summed E-state index contributed by atoms with van der Waals surface area (Å²) in [7, 11) is 0. The Bertz CT molecular complexity index is 281. The molecule has 0 amide bonds. The van der Waals surface area contributed by atoms with E-state index in [-0.39, 0.29) is 12.0 Å². The van der Waals surface area contributed by atoms with Crippen LogP contribution < -0.4 is 5.32 Å². The van der Waals surface area contributed by atoms with E-state index in [9.17, 15) is 4.79 Å². The third-order valence-electron chi connectivity index (χ3n) is 4.79. The summed E-state index contributed by atoms with van der Waals surface area (Å²) in [4.78, 5) is 12.2. The van der Waals surface area contributed by atoms with E-state index >= 15 is 0 Å². The molecule has 0 aliphatic carbocycles. The molecule has 0 aliphatic rings. The van der Waals surface area contributed by atoms with Crippen LogP contribution in [0.2, 0.25) is 0 Å². The fourth-order valence-electron chi connectivity index (χ4n) is 3.02. The number of ether oxygens (including phenoxy) is 1. The summed E-state index contributed by atoms with van der Waals surface area (Å²) in [6, 6.07) is -0.102. The van der Waals surface area contributed by atoms with Gasteiger partial charge in [0.25, 0.3) is 0 Å². The van der Waals surface area contributed by atoms with Crippen LogP contribution in [-0.4, -0.2) is 25.2 Å². The maximum Gasteiger partial charge on any atom is 0.323 e. The molecule has 0 radical (unpaired) electrons. The normalized spacial score (nSPS) is 12.3. The molecule has 0 bridgehead atoms. The second-order valence-electron chi connectivity index (χ2n) is 7.35. The van der Waals surface area contributed by atoms with Crippen molar-refractivity contribution in [1.29, 1.82) is 0 Å². The first kappa shape index (κ1) is 24.4. The zero-order valence-corrected chi connectivity index (χ0v) is 17.4. The van der Waals surface area contributed by atoms with Crippen LogP contribution in [0.15, 0.2) is 0 Å². The smallest absolute Gasteiger partial charge is 0.323 e. The summed E-state index contributed by atoms with van der Waals surface area (Å²) in [5.41, 5.74) is 0. The Kier molecular flexibility index (Phi) is 19.3. The average Bonchev–Trinajstić information content (AvgIpc) is 2.62. The minimum atomic E-state index is -0.102. The number of hydrogen-bond donors (Lipinski definition) is 1. The van der Waals surface area contributed by atoms with E-state index in [1.54, 1.807) is 0 Å². The molecule has 0 saturated heterocycles. The van der Waals surface area contributed by atoms with E-state index in [1.165, 1.54) is 64.2 Å². The average molecular weight is 356 g/mol. The van der Waals surface area contributed by atoms with E-state index in [4.69, 9.17) is 4.74 Å². The Morgan fingerprint density at radius 1 is 0.720 bits per heavy atom. The number of carbonyl (C=O) groups is 1. The van der Waals surface area contributed by atoms with Crippen molar-refractivity contribution < 1.29 is 9.53 Å². The minimum absolute atomic E-state index is 0.0472. The molecule has 3 nitrogen and oxygen atoms in total. The molecule has 1 unspecified atom stereocenters. The van der Waals surface area contributed by atoms with Crippen molar-refractivity contribution in [2.24, 2.45) is 0 Å². The standard InChI is InChI=1S/C22H45NO2/c1-4-7-10-11-12-13-14-15-16-17-19-23-21(18-8-5-2)22(24)25-20-9-6-3/h21,23H,4-20H2,1-3H3. The van der Waals surface area contributed by atoms with Gasteiger partial charge >= 0.3 is 5.97 Å². The van der Waals surface area contributed by atoms with Crippen LogP contribution >= 0.6 is 0 Å². The van der Waals surface area contributed by atoms with E-state index in [1.807, 2.05) is 0 Å². The topological polar surface area (TPSA) is 38.3 Å². The molecule has 0 saturated carbocycles. The largest absolute Gasteiger partial charge is 0.465 e. The molecule has 0 aromatic rings. The van der Waals surface area contributed by atoms with Crippen molar-refractivity contribution >= 4 is 5.97 Å². The van der Waals surface area contributed by atoms with Gasteiger partial charge < -0.3 is 10.1 Å². The van der Waals surface area contributed by atoms with Crippen LogP contribution in [0.5, 0.6) is 0 Å². The fraction of sp³-hybridized carbons (Fsp3) is 0.955. The molecule has 150 valence electrons. The van der Waals surface area contributed by atoms with E-state index in [0.29, 0.717) is 6.61 Å². The second-order valence-corrected chi connectivity index (χ2v) is 7.35. The van der Waals surface area contributed by atoms with Gasteiger partial charge in [0.15, 0.2) is 0 Å². The van der Waals surface area contributed by atoms with Crippen molar-refractivity contribution in [2.75, 3.05) is 13.2 Å². The third-order valence-corrected chi connectivity index (χ3v) is 4.79. The SMILES string of the molecule is CCCCCCCCCCCCNC(CCCC)C(=O)OCCCC. The Morgan fingerprint density at radius 2 is 1.24 bits per heavy atom. The second kappa shape index (κ2) is 19.8. The number of hydrogen-bond acceptors (Lipinski definition) is 3. The molecule has 0 spiro atoms. The predicted octanol–water partition coefficient (Wildman–Crippen LogP) is 6.40. The quantitative estimate of drug-likeness (QED) is 0.215. The molecular formula is C22H45NO2. The van der Waals surface area contributed by atoms with Gasteiger partial charge in [-0.15, -0.1) is 0 Å². The van der Waals surface area contributed by atoms with Crippen LogP contribution in [0, 0.1) is 0 Å². The van der Waals surface area contributed by atoms with Crippen LogP contribution in [0.3, 0.4) is 0 Å². The lowest BCUT2D eigenvalue weighted by atomic mass is 10.1. The summed E-state index contributed by atoms with van der Waals surface area (Å²) in [5.74, 6) is -0.0472. The van der Waals surface area contributed by atoms with Crippen LogP contribution in [0.1, 0.15) is 117 Å². The summed E-state index contributed by atoms with van der Waals surface area (Å²) in [6.07, 6.45) is 18.6. The zero-order valence-electron chi connectivity index (χ0n) is 17.4. The Balaban J connectivity index is 3.64. The van der Waals surface area contributed by atoms with Gasteiger partial charge in [-0.1, -0.05) is 97.8 Å². The van der Waals surface area contributed by atoms with Crippen molar-refractivity contribution in [1.82, 2.24) is 5.32 Å². The number of carbonyl (C=O) groups excluding carboxylic acids is 1. The molecule has 0 fully saturated rings. The Hall–Kier alpha value is -0.570. The molecule has 0 rings (SSSR count). The molecule has 3 heteroatoms. The fourth-order valence-corrected chi connectivity index (χ4v) is 3.02. The summed E-state index contributed by atoms with van der Waals surface area (Å²) >= 11 is 0. The first-order chi connectivity index (χ1) is 12.3. The minimum Gasteiger partial charge on any atom is -0.465 e. The van der Waals surface area contributed by atoms with Gasteiger partial charge in [-0.05, 0) is 25.8 Å². The first-order valence-electron chi connectivity index (χ1n) is 11.2. The number of nitrogens with one attached hydrogen (secondary N) is 1. The third kappa shape index (κ3) is 16.6. The van der Waals surface area contributed by atoms with Crippen LogP contribution in [0.25, 0.3) is 0 Å². The van der Waals surface area contributed by atoms with Gasteiger partial charge in [0.2, 0.25) is 0 Å². The van der Waals surface area contributed by atoms with E-state index < -0.39 is 0 Å². The lowest BCUT2D eigenvalue weighted by Gasteiger charge is -2.17.